The predicted octanol–water partition coefficient (Wildman–Crippen LogP) is 3.81. The van der Waals surface area contributed by atoms with Crippen LogP contribution in [0.2, 0.25) is 0 Å². The summed E-state index contributed by atoms with van der Waals surface area (Å²) in [5.74, 6) is 0.384. The van der Waals surface area contributed by atoms with Crippen molar-refractivity contribution in [3.05, 3.63) is 76.3 Å². The summed E-state index contributed by atoms with van der Waals surface area (Å²) >= 11 is 0. The fourth-order valence-corrected chi connectivity index (χ4v) is 4.82. The minimum atomic E-state index is -0.448. The van der Waals surface area contributed by atoms with Gasteiger partial charge in [0.05, 0.1) is 20.3 Å². The topological polar surface area (TPSA) is 81.9 Å². The standard InChI is InChI=1S/C27H26N2O4/c1-16-11-17(4-6-25(16)32-2)19-13-22-21-5-3-18(27(31)29-7-9-33-10-8-29)12-20(21)15-23(22)24(14-19)26(28)30/h3-6,11-14H,7-10,15H2,1-2H3,(H2,28,30). The molecule has 6 heteroatoms. The zero-order valence-electron chi connectivity index (χ0n) is 18.8. The van der Waals surface area contributed by atoms with Gasteiger partial charge < -0.3 is 20.1 Å². The number of amides is 2. The minimum Gasteiger partial charge on any atom is -0.496 e. The van der Waals surface area contributed by atoms with E-state index in [2.05, 4.69) is 6.07 Å². The van der Waals surface area contributed by atoms with Crippen LogP contribution in [0.3, 0.4) is 0 Å². The second-order valence-electron chi connectivity index (χ2n) is 8.55. The molecule has 0 atom stereocenters. The van der Waals surface area contributed by atoms with Crippen LogP contribution >= 0.6 is 0 Å². The molecule has 2 aliphatic rings. The van der Waals surface area contributed by atoms with Crippen LogP contribution < -0.4 is 10.5 Å². The van der Waals surface area contributed by atoms with Gasteiger partial charge in [-0.1, -0.05) is 12.1 Å². The molecule has 33 heavy (non-hydrogen) atoms. The molecule has 1 aliphatic heterocycles. The van der Waals surface area contributed by atoms with Crippen LogP contribution in [-0.4, -0.2) is 50.1 Å². The third-order valence-electron chi connectivity index (χ3n) is 6.55. The van der Waals surface area contributed by atoms with Gasteiger partial charge in [0, 0.05) is 24.2 Å². The number of methoxy groups -OCH3 is 1. The van der Waals surface area contributed by atoms with Crippen LogP contribution in [0.5, 0.6) is 5.75 Å². The van der Waals surface area contributed by atoms with Crippen molar-refractivity contribution in [2.45, 2.75) is 13.3 Å². The molecule has 1 fully saturated rings. The van der Waals surface area contributed by atoms with Gasteiger partial charge in [0.1, 0.15) is 5.75 Å². The van der Waals surface area contributed by atoms with E-state index in [0.29, 0.717) is 43.9 Å². The second kappa shape index (κ2) is 8.37. The lowest BCUT2D eigenvalue weighted by molar-refractivity contribution is 0.0303. The van der Waals surface area contributed by atoms with E-state index in [9.17, 15) is 9.59 Å². The molecular formula is C27H26N2O4. The van der Waals surface area contributed by atoms with Gasteiger partial charge in [-0.25, -0.2) is 0 Å². The maximum atomic E-state index is 13.0. The molecule has 1 aliphatic carbocycles. The summed E-state index contributed by atoms with van der Waals surface area (Å²) < 4.78 is 10.7. The Balaban J connectivity index is 1.56. The first-order valence-corrected chi connectivity index (χ1v) is 11.1. The molecule has 0 aromatic heterocycles. The Kier molecular flexibility index (Phi) is 5.38. The first kappa shape index (κ1) is 21.2. The molecule has 0 bridgehead atoms. The number of rotatable bonds is 4. The number of fused-ring (bicyclic) bond motifs is 3. The smallest absolute Gasteiger partial charge is 0.254 e. The number of morpholine rings is 1. The van der Waals surface area contributed by atoms with Gasteiger partial charge >= 0.3 is 0 Å². The predicted molar refractivity (Wildman–Crippen MR) is 127 cm³/mol. The molecule has 0 saturated carbocycles. The first-order valence-electron chi connectivity index (χ1n) is 11.1. The van der Waals surface area contributed by atoms with Gasteiger partial charge in [-0.2, -0.15) is 0 Å². The number of carbonyl (C=O) groups excluding carboxylic acids is 2. The number of hydrogen-bond acceptors (Lipinski definition) is 4. The third-order valence-corrected chi connectivity index (χ3v) is 6.55. The molecule has 2 amide bonds. The van der Waals surface area contributed by atoms with Crippen LogP contribution in [0.1, 0.15) is 37.4 Å². The highest BCUT2D eigenvalue weighted by atomic mass is 16.5. The third kappa shape index (κ3) is 3.76. The molecule has 0 unspecified atom stereocenters. The number of ether oxygens (including phenoxy) is 2. The van der Waals surface area contributed by atoms with Crippen molar-refractivity contribution < 1.29 is 19.1 Å². The van der Waals surface area contributed by atoms with Crippen molar-refractivity contribution in [1.82, 2.24) is 4.90 Å². The number of nitrogens with zero attached hydrogens (tertiary/aromatic N) is 1. The lowest BCUT2D eigenvalue weighted by Gasteiger charge is -2.27. The maximum Gasteiger partial charge on any atom is 0.254 e. The highest BCUT2D eigenvalue weighted by molar-refractivity contribution is 6.01. The molecule has 1 saturated heterocycles. The van der Waals surface area contributed by atoms with E-state index >= 15 is 0 Å². The van der Waals surface area contributed by atoms with Crippen molar-refractivity contribution in [2.24, 2.45) is 5.73 Å². The Morgan fingerprint density at radius 1 is 0.970 bits per heavy atom. The Hall–Kier alpha value is -3.64. The number of carbonyl (C=O) groups is 2. The van der Waals surface area contributed by atoms with E-state index in [1.165, 1.54) is 0 Å². The lowest BCUT2D eigenvalue weighted by Crippen LogP contribution is -2.40. The molecule has 1 heterocycles. The van der Waals surface area contributed by atoms with Crippen LogP contribution in [0.15, 0.2) is 48.5 Å². The normalized spacial score (nSPS) is 14.5. The molecule has 0 radical (unpaired) electrons. The monoisotopic (exact) mass is 442 g/mol. The van der Waals surface area contributed by atoms with Gasteiger partial charge in [-0.15, -0.1) is 0 Å². The molecule has 168 valence electrons. The number of aryl methyl sites for hydroxylation is 1. The molecule has 2 N–H and O–H groups in total. The summed E-state index contributed by atoms with van der Waals surface area (Å²) in [6.45, 7) is 4.33. The Morgan fingerprint density at radius 3 is 2.45 bits per heavy atom. The molecule has 3 aromatic rings. The van der Waals surface area contributed by atoms with E-state index in [4.69, 9.17) is 15.2 Å². The maximum absolute atomic E-state index is 13.0. The van der Waals surface area contributed by atoms with Crippen molar-refractivity contribution >= 4 is 11.8 Å². The van der Waals surface area contributed by atoms with Crippen LogP contribution in [-0.2, 0) is 11.2 Å². The van der Waals surface area contributed by atoms with Crippen molar-refractivity contribution in [1.29, 1.82) is 0 Å². The van der Waals surface area contributed by atoms with Crippen molar-refractivity contribution in [3.63, 3.8) is 0 Å². The van der Waals surface area contributed by atoms with Gasteiger partial charge in [-0.05, 0) is 88.7 Å². The number of benzene rings is 3. The second-order valence-corrected chi connectivity index (χ2v) is 8.55. The SMILES string of the molecule is COc1ccc(-c2cc(C(N)=O)c3c(c2)-c2ccc(C(=O)N4CCOCC4)cc2C3)cc1C. The number of hydrogen-bond donors (Lipinski definition) is 1. The molecule has 0 spiro atoms. The van der Waals surface area contributed by atoms with Gasteiger partial charge in [0.15, 0.2) is 0 Å². The van der Waals surface area contributed by atoms with Gasteiger partial charge in [0.25, 0.3) is 5.91 Å². The highest BCUT2D eigenvalue weighted by Crippen LogP contribution is 2.42. The minimum absolute atomic E-state index is 0.0153. The number of nitrogens with two attached hydrogens (primary N) is 1. The fourth-order valence-electron chi connectivity index (χ4n) is 4.82. The van der Waals surface area contributed by atoms with E-state index in [1.54, 1.807) is 7.11 Å². The molecule has 5 rings (SSSR count). The fraction of sp³-hybridized carbons (Fsp3) is 0.259. The summed E-state index contributed by atoms with van der Waals surface area (Å²) in [6, 6.07) is 15.8. The summed E-state index contributed by atoms with van der Waals surface area (Å²) in [6.07, 6.45) is 0.578. The molecular weight excluding hydrogens is 416 g/mol. The summed E-state index contributed by atoms with van der Waals surface area (Å²) in [5.41, 5.74) is 13.9. The Morgan fingerprint density at radius 2 is 1.76 bits per heavy atom. The van der Waals surface area contributed by atoms with Crippen LogP contribution in [0.4, 0.5) is 0 Å². The molecule has 3 aromatic carbocycles. The summed E-state index contributed by atoms with van der Waals surface area (Å²) in [5, 5.41) is 0. The van der Waals surface area contributed by atoms with E-state index in [1.807, 2.05) is 54.3 Å². The highest BCUT2D eigenvalue weighted by Gasteiger charge is 2.27. The van der Waals surface area contributed by atoms with Crippen LogP contribution in [0.25, 0.3) is 22.3 Å². The lowest BCUT2D eigenvalue weighted by atomic mass is 9.93. The first-order chi connectivity index (χ1) is 16.0. The average molecular weight is 443 g/mol. The van der Waals surface area contributed by atoms with Crippen molar-refractivity contribution in [3.8, 4) is 28.0 Å². The van der Waals surface area contributed by atoms with E-state index in [-0.39, 0.29) is 5.91 Å². The zero-order chi connectivity index (χ0) is 23.1. The largest absolute Gasteiger partial charge is 0.496 e. The Labute approximate surface area is 192 Å². The van der Waals surface area contributed by atoms with Crippen LogP contribution in [0, 0.1) is 6.92 Å². The molecule has 6 nitrogen and oxygen atoms in total. The number of primary amides is 1. The quantitative estimate of drug-likeness (QED) is 0.521. The van der Waals surface area contributed by atoms with E-state index < -0.39 is 5.91 Å². The summed E-state index contributed by atoms with van der Waals surface area (Å²) in [4.78, 5) is 27.2. The summed E-state index contributed by atoms with van der Waals surface area (Å²) in [7, 11) is 1.65. The Bertz CT molecular complexity index is 1280. The van der Waals surface area contributed by atoms with E-state index in [0.717, 1.165) is 44.7 Å². The van der Waals surface area contributed by atoms with Crippen molar-refractivity contribution in [2.75, 3.05) is 33.4 Å². The zero-order valence-corrected chi connectivity index (χ0v) is 18.8. The van der Waals surface area contributed by atoms with Gasteiger partial charge in [0.2, 0.25) is 5.91 Å². The van der Waals surface area contributed by atoms with Gasteiger partial charge in [-0.3, -0.25) is 9.59 Å². The average Bonchev–Trinajstić information content (AvgIpc) is 3.21.